The number of unbranched alkanes of at least 4 members (excludes halogenated alkanes) is 1. The molecule has 1 aromatic carbocycles. The van der Waals surface area contributed by atoms with Crippen LogP contribution in [0.25, 0.3) is 0 Å². The summed E-state index contributed by atoms with van der Waals surface area (Å²) in [5, 5.41) is 0. The van der Waals surface area contributed by atoms with Crippen molar-refractivity contribution in [1.82, 2.24) is 4.90 Å². The molecule has 0 aromatic heterocycles. The van der Waals surface area contributed by atoms with Crippen LogP contribution < -0.4 is 4.90 Å². The third-order valence-electron chi connectivity index (χ3n) is 3.54. The molecule has 0 spiro atoms. The Bertz CT molecular complexity index is 410. The van der Waals surface area contributed by atoms with E-state index in [9.17, 15) is 4.79 Å². The summed E-state index contributed by atoms with van der Waals surface area (Å²) in [6, 6.07) is 10.4. The molecular weight excluding hydrogens is 304 g/mol. The van der Waals surface area contributed by atoms with Gasteiger partial charge in [-0.25, -0.2) is 0 Å². The number of carbonyl (C=O) groups is 1. The van der Waals surface area contributed by atoms with Crippen LogP contribution in [0.2, 0.25) is 0 Å². The lowest BCUT2D eigenvalue weighted by Crippen LogP contribution is -2.27. The van der Waals surface area contributed by atoms with Crippen LogP contribution in [0.1, 0.15) is 19.3 Å². The Balaban J connectivity index is 1.66. The topological polar surface area (TPSA) is 23.6 Å². The zero-order valence-corrected chi connectivity index (χ0v) is 13.0. The van der Waals surface area contributed by atoms with Crippen LogP contribution in [0.3, 0.4) is 0 Å². The maximum atomic E-state index is 11.6. The molecule has 1 fully saturated rings. The number of amides is 1. The third-order valence-corrected chi connectivity index (χ3v) is 4.15. The molecule has 19 heavy (non-hydrogen) atoms. The summed E-state index contributed by atoms with van der Waals surface area (Å²) in [5.41, 5.74) is 1.25. The van der Waals surface area contributed by atoms with Crippen LogP contribution in [-0.4, -0.2) is 42.3 Å². The second-order valence-electron chi connectivity index (χ2n) is 5.11. The maximum Gasteiger partial charge on any atom is 0.223 e. The zero-order chi connectivity index (χ0) is 13.7. The zero-order valence-electron chi connectivity index (χ0n) is 11.4. The normalized spacial score (nSPS) is 18.9. The van der Waals surface area contributed by atoms with Crippen molar-refractivity contribution in [2.45, 2.75) is 24.1 Å². The van der Waals surface area contributed by atoms with Crippen molar-refractivity contribution in [2.24, 2.45) is 0 Å². The van der Waals surface area contributed by atoms with E-state index in [4.69, 9.17) is 0 Å². The van der Waals surface area contributed by atoms with Gasteiger partial charge < -0.3 is 9.80 Å². The highest BCUT2D eigenvalue weighted by molar-refractivity contribution is 9.09. The lowest BCUT2D eigenvalue weighted by Gasteiger charge is -2.20. The second-order valence-corrected chi connectivity index (χ2v) is 6.40. The van der Waals surface area contributed by atoms with E-state index in [1.807, 2.05) is 11.0 Å². The predicted molar refractivity (Wildman–Crippen MR) is 82.9 cm³/mol. The van der Waals surface area contributed by atoms with Gasteiger partial charge in [-0.1, -0.05) is 34.1 Å². The van der Waals surface area contributed by atoms with Gasteiger partial charge in [-0.2, -0.15) is 0 Å². The Labute approximate surface area is 123 Å². The van der Waals surface area contributed by atoms with Crippen molar-refractivity contribution in [3.05, 3.63) is 30.3 Å². The van der Waals surface area contributed by atoms with Crippen LogP contribution in [0.15, 0.2) is 30.3 Å². The molecule has 4 heteroatoms. The molecule has 1 heterocycles. The monoisotopic (exact) mass is 324 g/mol. The number of carbonyl (C=O) groups excluding carboxylic acids is 1. The van der Waals surface area contributed by atoms with Gasteiger partial charge in [-0.15, -0.1) is 0 Å². The Hall–Kier alpha value is -1.03. The lowest BCUT2D eigenvalue weighted by atomic mass is 10.2. The highest BCUT2D eigenvalue weighted by Gasteiger charge is 2.26. The number of likely N-dealkylation sites (tertiary alicyclic amines) is 1. The fourth-order valence-corrected chi connectivity index (χ4v) is 3.03. The first-order valence-corrected chi connectivity index (χ1v) is 7.76. The van der Waals surface area contributed by atoms with E-state index >= 15 is 0 Å². The second kappa shape index (κ2) is 6.94. The third kappa shape index (κ3) is 4.23. The van der Waals surface area contributed by atoms with Gasteiger partial charge in [0.25, 0.3) is 0 Å². The molecule has 1 unspecified atom stereocenters. The molecule has 1 aromatic rings. The van der Waals surface area contributed by atoms with Gasteiger partial charge in [0.1, 0.15) is 0 Å². The van der Waals surface area contributed by atoms with Crippen LogP contribution in [0.4, 0.5) is 5.69 Å². The van der Waals surface area contributed by atoms with Crippen molar-refractivity contribution in [2.75, 3.05) is 31.6 Å². The standard InChI is InChI=1S/C15H21BrN2O/c1-17(14-7-3-2-4-8-14)9-5-6-10-18-12-13(16)11-15(18)19/h2-4,7-8,13H,5-6,9-12H2,1H3. The van der Waals surface area contributed by atoms with Gasteiger partial charge in [-0.05, 0) is 25.0 Å². The molecule has 0 bridgehead atoms. The van der Waals surface area contributed by atoms with E-state index in [0.29, 0.717) is 17.2 Å². The molecule has 0 radical (unpaired) electrons. The minimum Gasteiger partial charge on any atom is -0.375 e. The molecule has 1 aliphatic heterocycles. The number of para-hydroxylation sites is 1. The summed E-state index contributed by atoms with van der Waals surface area (Å²) >= 11 is 3.51. The first-order chi connectivity index (χ1) is 9.16. The number of alkyl halides is 1. The Morgan fingerprint density at radius 2 is 2.05 bits per heavy atom. The highest BCUT2D eigenvalue weighted by atomic mass is 79.9. The molecule has 3 nitrogen and oxygen atoms in total. The van der Waals surface area contributed by atoms with Crippen molar-refractivity contribution < 1.29 is 4.79 Å². The smallest absolute Gasteiger partial charge is 0.223 e. The van der Waals surface area contributed by atoms with E-state index < -0.39 is 0 Å². The largest absolute Gasteiger partial charge is 0.375 e. The predicted octanol–water partition coefficient (Wildman–Crippen LogP) is 2.90. The Kier molecular flexibility index (Phi) is 5.25. The molecule has 2 rings (SSSR count). The number of hydrogen-bond acceptors (Lipinski definition) is 2. The highest BCUT2D eigenvalue weighted by Crippen LogP contribution is 2.18. The van der Waals surface area contributed by atoms with E-state index in [0.717, 1.165) is 32.5 Å². The molecular formula is C15H21BrN2O. The van der Waals surface area contributed by atoms with Crippen LogP contribution in [0, 0.1) is 0 Å². The van der Waals surface area contributed by atoms with E-state index in [1.54, 1.807) is 0 Å². The van der Waals surface area contributed by atoms with Crippen molar-refractivity contribution in [3.63, 3.8) is 0 Å². The summed E-state index contributed by atoms with van der Waals surface area (Å²) < 4.78 is 0. The number of hydrogen-bond donors (Lipinski definition) is 0. The van der Waals surface area contributed by atoms with E-state index in [2.05, 4.69) is 52.1 Å². The molecule has 1 saturated heterocycles. The summed E-state index contributed by atoms with van der Waals surface area (Å²) in [6.45, 7) is 2.79. The van der Waals surface area contributed by atoms with Gasteiger partial charge in [0, 0.05) is 43.6 Å². The average Bonchev–Trinajstić information content (AvgIpc) is 2.74. The number of anilines is 1. The quantitative estimate of drug-likeness (QED) is 0.593. The van der Waals surface area contributed by atoms with Gasteiger partial charge >= 0.3 is 0 Å². The van der Waals surface area contributed by atoms with Crippen LogP contribution in [-0.2, 0) is 4.79 Å². The van der Waals surface area contributed by atoms with Gasteiger partial charge in [0.05, 0.1) is 0 Å². The summed E-state index contributed by atoms with van der Waals surface area (Å²) in [6.07, 6.45) is 2.84. The van der Waals surface area contributed by atoms with Crippen LogP contribution >= 0.6 is 15.9 Å². The first kappa shape index (κ1) is 14.4. The van der Waals surface area contributed by atoms with E-state index in [-0.39, 0.29) is 0 Å². The summed E-state index contributed by atoms with van der Waals surface area (Å²) in [4.78, 5) is 16.2. The number of benzene rings is 1. The fourth-order valence-electron chi connectivity index (χ4n) is 2.40. The molecule has 0 saturated carbocycles. The maximum absolute atomic E-state index is 11.6. The molecule has 104 valence electrons. The summed E-state index contributed by atoms with van der Waals surface area (Å²) in [7, 11) is 2.12. The molecule has 0 aliphatic carbocycles. The van der Waals surface area contributed by atoms with Crippen molar-refractivity contribution in [1.29, 1.82) is 0 Å². The van der Waals surface area contributed by atoms with Crippen molar-refractivity contribution >= 4 is 27.5 Å². The van der Waals surface area contributed by atoms with Crippen molar-refractivity contribution in [3.8, 4) is 0 Å². The van der Waals surface area contributed by atoms with E-state index in [1.165, 1.54) is 5.69 Å². The van der Waals surface area contributed by atoms with Crippen LogP contribution in [0.5, 0.6) is 0 Å². The molecule has 1 atom stereocenters. The SMILES string of the molecule is CN(CCCCN1CC(Br)CC1=O)c1ccccc1. The first-order valence-electron chi connectivity index (χ1n) is 6.85. The molecule has 1 amide bonds. The lowest BCUT2D eigenvalue weighted by molar-refractivity contribution is -0.127. The minimum atomic E-state index is 0.290. The number of halogens is 1. The molecule has 1 aliphatic rings. The Morgan fingerprint density at radius 1 is 1.32 bits per heavy atom. The number of rotatable bonds is 6. The minimum absolute atomic E-state index is 0.290. The Morgan fingerprint density at radius 3 is 2.68 bits per heavy atom. The number of nitrogens with zero attached hydrogens (tertiary/aromatic N) is 2. The van der Waals surface area contributed by atoms with Gasteiger partial charge in [0.2, 0.25) is 5.91 Å². The van der Waals surface area contributed by atoms with Gasteiger partial charge in [-0.3, -0.25) is 4.79 Å². The summed E-state index contributed by atoms with van der Waals surface area (Å²) in [5.74, 6) is 0.290. The van der Waals surface area contributed by atoms with Gasteiger partial charge in [0.15, 0.2) is 0 Å². The molecule has 0 N–H and O–H groups in total. The average molecular weight is 325 g/mol. The fraction of sp³-hybridized carbons (Fsp3) is 0.533.